The lowest BCUT2D eigenvalue weighted by molar-refractivity contribution is -0.120. The molecule has 0 saturated heterocycles. The summed E-state index contributed by atoms with van der Waals surface area (Å²) in [6, 6.07) is 15.4. The van der Waals surface area contributed by atoms with Crippen molar-refractivity contribution >= 4 is 51.8 Å². The first kappa shape index (κ1) is 27.5. The van der Waals surface area contributed by atoms with E-state index in [1.54, 1.807) is 6.20 Å². The zero-order valence-electron chi connectivity index (χ0n) is 22.8. The predicted molar refractivity (Wildman–Crippen MR) is 158 cm³/mol. The molecule has 1 saturated carbocycles. The van der Waals surface area contributed by atoms with E-state index in [1.807, 2.05) is 75.5 Å². The molecule has 4 N–H and O–H groups in total. The van der Waals surface area contributed by atoms with E-state index in [1.165, 1.54) is 0 Å². The van der Waals surface area contributed by atoms with E-state index in [-0.39, 0.29) is 17.9 Å². The van der Waals surface area contributed by atoms with Crippen LogP contribution < -0.4 is 16.0 Å². The number of para-hydroxylation sites is 1. The summed E-state index contributed by atoms with van der Waals surface area (Å²) in [5.74, 6) is 0.243. The number of carbonyl (C=O) groups excluding carboxylic acids is 2. The number of ether oxygens (including phenoxy) is 1. The monoisotopic (exact) mass is 560 g/mol. The van der Waals surface area contributed by atoms with E-state index in [9.17, 15) is 9.59 Å². The number of fused-ring (bicyclic) bond motifs is 1. The Bertz CT molecular complexity index is 1520. The van der Waals surface area contributed by atoms with E-state index in [0.29, 0.717) is 35.2 Å². The molecule has 5 rings (SSSR count). The maximum absolute atomic E-state index is 13.0. The summed E-state index contributed by atoms with van der Waals surface area (Å²) < 4.78 is 5.34. The van der Waals surface area contributed by atoms with Crippen LogP contribution in [0.3, 0.4) is 0 Å². The Labute approximate surface area is 238 Å². The summed E-state index contributed by atoms with van der Waals surface area (Å²) in [7, 11) is 0. The number of benzene rings is 2. The number of hydrogen-bond donors (Lipinski definition) is 4. The van der Waals surface area contributed by atoms with E-state index in [2.05, 4.69) is 30.9 Å². The van der Waals surface area contributed by atoms with Crippen molar-refractivity contribution < 1.29 is 14.3 Å². The van der Waals surface area contributed by atoms with Crippen LogP contribution in [0.15, 0.2) is 60.9 Å². The Morgan fingerprint density at radius 2 is 1.77 bits per heavy atom. The molecule has 10 heteroatoms. The number of amides is 2. The number of aromatic amines is 1. The molecule has 2 aromatic heterocycles. The summed E-state index contributed by atoms with van der Waals surface area (Å²) in [6.45, 7) is 5.51. The normalized spacial score (nSPS) is 17.3. The molecule has 0 radical (unpaired) electrons. The number of rotatable bonds is 6. The molecule has 2 aromatic carbocycles. The number of alkyl carbamates (subject to hydrolysis) is 1. The Hall–Kier alpha value is -4.11. The number of carbonyl (C=O) groups is 2. The molecule has 40 heavy (non-hydrogen) atoms. The smallest absolute Gasteiger partial charge is 0.407 e. The minimum absolute atomic E-state index is 0.0138. The molecule has 4 aromatic rings. The van der Waals surface area contributed by atoms with Gasteiger partial charge in [-0.25, -0.2) is 14.8 Å². The van der Waals surface area contributed by atoms with Gasteiger partial charge in [-0.2, -0.15) is 0 Å². The average Bonchev–Trinajstić information content (AvgIpc) is 3.33. The number of H-pyrrole nitrogens is 1. The van der Waals surface area contributed by atoms with Gasteiger partial charge in [-0.3, -0.25) is 4.79 Å². The fraction of sp³-hybridized carbons (Fsp3) is 0.333. The van der Waals surface area contributed by atoms with Crippen LogP contribution in [0.5, 0.6) is 0 Å². The van der Waals surface area contributed by atoms with Gasteiger partial charge < -0.3 is 25.7 Å². The number of hydrogen-bond acceptors (Lipinski definition) is 6. The SMILES string of the molecule is CC(C)(C)OC(=O)N[C@H]1CC[C@@H](C(=O)Nc2cccc(Nc3ncc(Cl)c(-c4c[nH]c5ccccc45)n3)c2)CC1. The quantitative estimate of drug-likeness (QED) is 0.200. The number of halogens is 1. The van der Waals surface area contributed by atoms with Gasteiger partial charge in [0.25, 0.3) is 0 Å². The summed E-state index contributed by atoms with van der Waals surface area (Å²) in [5, 5.41) is 10.6. The van der Waals surface area contributed by atoms with Crippen molar-refractivity contribution in [3.8, 4) is 11.3 Å². The molecule has 2 heterocycles. The summed E-state index contributed by atoms with van der Waals surface area (Å²) >= 11 is 6.47. The maximum Gasteiger partial charge on any atom is 0.407 e. The molecule has 0 aliphatic heterocycles. The Morgan fingerprint density at radius 1 is 1.02 bits per heavy atom. The lowest BCUT2D eigenvalue weighted by atomic mass is 9.85. The second kappa shape index (κ2) is 11.6. The first-order valence-corrected chi connectivity index (χ1v) is 13.8. The molecule has 2 amide bonds. The minimum Gasteiger partial charge on any atom is -0.444 e. The van der Waals surface area contributed by atoms with Gasteiger partial charge >= 0.3 is 6.09 Å². The van der Waals surface area contributed by atoms with Crippen LogP contribution in [0.4, 0.5) is 22.1 Å². The molecular formula is C30H33ClN6O3. The highest BCUT2D eigenvalue weighted by atomic mass is 35.5. The van der Waals surface area contributed by atoms with Gasteiger partial charge in [0.15, 0.2) is 0 Å². The lowest BCUT2D eigenvalue weighted by Crippen LogP contribution is -2.42. The van der Waals surface area contributed by atoms with Crippen LogP contribution in [-0.4, -0.2) is 38.6 Å². The number of anilines is 3. The van der Waals surface area contributed by atoms with Crippen LogP contribution in [0.25, 0.3) is 22.2 Å². The third kappa shape index (κ3) is 6.71. The zero-order valence-corrected chi connectivity index (χ0v) is 23.5. The molecule has 0 unspecified atom stereocenters. The molecular weight excluding hydrogens is 528 g/mol. The number of aromatic nitrogens is 3. The molecule has 0 spiro atoms. The van der Waals surface area contributed by atoms with Gasteiger partial charge in [0.2, 0.25) is 11.9 Å². The zero-order chi connectivity index (χ0) is 28.3. The third-order valence-electron chi connectivity index (χ3n) is 6.79. The lowest BCUT2D eigenvalue weighted by Gasteiger charge is -2.29. The van der Waals surface area contributed by atoms with Crippen LogP contribution in [0.1, 0.15) is 46.5 Å². The van der Waals surface area contributed by atoms with Crippen LogP contribution in [-0.2, 0) is 9.53 Å². The van der Waals surface area contributed by atoms with Crippen molar-refractivity contribution in [1.29, 1.82) is 0 Å². The predicted octanol–water partition coefficient (Wildman–Crippen LogP) is 7.04. The van der Waals surface area contributed by atoms with Gasteiger partial charge in [-0.1, -0.05) is 35.9 Å². The molecule has 0 atom stereocenters. The van der Waals surface area contributed by atoms with E-state index in [4.69, 9.17) is 16.3 Å². The summed E-state index contributed by atoms with van der Waals surface area (Å²) in [5.41, 5.74) is 3.38. The van der Waals surface area contributed by atoms with Gasteiger partial charge in [0.05, 0.1) is 16.9 Å². The van der Waals surface area contributed by atoms with E-state index in [0.717, 1.165) is 35.0 Å². The molecule has 1 fully saturated rings. The fourth-order valence-corrected chi connectivity index (χ4v) is 5.10. The summed E-state index contributed by atoms with van der Waals surface area (Å²) in [4.78, 5) is 37.3. The molecule has 208 valence electrons. The highest BCUT2D eigenvalue weighted by Crippen LogP contribution is 2.33. The Balaban J connectivity index is 1.20. The minimum atomic E-state index is -0.538. The molecule has 9 nitrogen and oxygen atoms in total. The van der Waals surface area contributed by atoms with E-state index < -0.39 is 11.7 Å². The maximum atomic E-state index is 13.0. The van der Waals surface area contributed by atoms with Crippen molar-refractivity contribution in [2.45, 2.75) is 58.1 Å². The first-order chi connectivity index (χ1) is 19.1. The standard InChI is InChI=1S/C30H33ClN6O3/c1-30(2,3)40-29(39)36-19-13-11-18(12-14-19)27(38)34-20-7-6-8-21(15-20)35-28-33-17-24(31)26(37-28)23-16-32-25-10-5-4-9-22(23)25/h4-10,15-19,32H,11-14H2,1-3H3,(H,34,38)(H,36,39)(H,33,35,37)/t18-,19+. The van der Waals surface area contributed by atoms with Crippen LogP contribution in [0, 0.1) is 5.92 Å². The van der Waals surface area contributed by atoms with Crippen LogP contribution >= 0.6 is 11.6 Å². The molecule has 0 bridgehead atoms. The first-order valence-electron chi connectivity index (χ1n) is 13.4. The van der Waals surface area contributed by atoms with E-state index >= 15 is 0 Å². The van der Waals surface area contributed by atoms with Gasteiger partial charge in [-0.05, 0) is 70.7 Å². The fourth-order valence-electron chi connectivity index (χ4n) is 4.91. The van der Waals surface area contributed by atoms with Gasteiger partial charge in [-0.15, -0.1) is 0 Å². The molecule has 1 aliphatic carbocycles. The highest BCUT2D eigenvalue weighted by molar-refractivity contribution is 6.33. The molecule has 1 aliphatic rings. The largest absolute Gasteiger partial charge is 0.444 e. The topological polar surface area (TPSA) is 121 Å². The Kier molecular flexibility index (Phi) is 7.93. The van der Waals surface area contributed by atoms with Crippen molar-refractivity contribution in [2.75, 3.05) is 10.6 Å². The number of nitrogens with zero attached hydrogens (tertiary/aromatic N) is 2. The van der Waals surface area contributed by atoms with Gasteiger partial charge in [0, 0.05) is 46.0 Å². The second-order valence-corrected chi connectivity index (χ2v) is 11.4. The van der Waals surface area contributed by atoms with Crippen molar-refractivity contribution in [3.63, 3.8) is 0 Å². The highest BCUT2D eigenvalue weighted by Gasteiger charge is 2.28. The van der Waals surface area contributed by atoms with Crippen LogP contribution in [0.2, 0.25) is 5.02 Å². The van der Waals surface area contributed by atoms with Crippen molar-refractivity contribution in [2.24, 2.45) is 5.92 Å². The Morgan fingerprint density at radius 3 is 2.55 bits per heavy atom. The second-order valence-electron chi connectivity index (χ2n) is 11.0. The van der Waals surface area contributed by atoms with Crippen molar-refractivity contribution in [3.05, 3.63) is 65.9 Å². The number of nitrogens with one attached hydrogen (secondary N) is 4. The van der Waals surface area contributed by atoms with Gasteiger partial charge in [0.1, 0.15) is 5.60 Å². The average molecular weight is 561 g/mol. The van der Waals surface area contributed by atoms with Crippen molar-refractivity contribution in [1.82, 2.24) is 20.3 Å². The third-order valence-corrected chi connectivity index (χ3v) is 7.07. The summed E-state index contributed by atoms with van der Waals surface area (Å²) in [6.07, 6.45) is 5.90.